The van der Waals surface area contributed by atoms with Crippen LogP contribution in [0.25, 0.3) is 0 Å². The number of ether oxygens (including phenoxy) is 4. The SMILES string of the molecule is CCCCCCCCCCCC(=O)OC[C@H](COP(=O)(O)OC[C@H](O)COP(=O)(O)OC[C@@H](COC(=O)CCCCCCCCCCCCC(C)CC)OC(=O)CCCCCCCCCCCCC(C)CC)OC(=O)CCCCCCCCC(C)CC. The van der Waals surface area contributed by atoms with Crippen molar-refractivity contribution in [1.82, 2.24) is 0 Å². The molecule has 0 aliphatic carbocycles. The quantitative estimate of drug-likeness (QED) is 0.0222. The number of phosphoric ester groups is 2. The van der Waals surface area contributed by atoms with Crippen molar-refractivity contribution in [2.45, 2.75) is 356 Å². The molecule has 0 rings (SSSR count). The molecule has 0 saturated carbocycles. The van der Waals surface area contributed by atoms with Crippen LogP contribution < -0.4 is 0 Å². The summed E-state index contributed by atoms with van der Waals surface area (Å²) in [7, 11) is -9.90. The molecule has 0 aromatic heterocycles. The standard InChI is InChI=1S/C68H132O17P2/c1-8-12-13-14-15-20-27-35-42-49-65(70)78-56-64(85-68(73)52-45-38-31-30-34-41-48-61(7)11-4)58-83-87(76,77)81-54-62(69)53-80-86(74,75)82-57-63(84-67(72)51-44-37-29-24-19-17-22-26-33-40-47-60(6)10-3)55-79-66(71)50-43-36-28-23-18-16-21-25-32-39-46-59(5)9-2/h59-64,69H,8-58H2,1-7H3,(H,74,75)(H,76,77)/t59?,60?,61?,62-,63-,64-/m1/s1. The zero-order valence-electron chi connectivity index (χ0n) is 56.5. The molecule has 0 aliphatic rings. The van der Waals surface area contributed by atoms with Crippen LogP contribution in [-0.4, -0.2) is 96.7 Å². The highest BCUT2D eigenvalue weighted by molar-refractivity contribution is 7.47. The van der Waals surface area contributed by atoms with Crippen LogP contribution in [0.15, 0.2) is 0 Å². The maximum atomic E-state index is 13.0. The number of hydrogen-bond donors (Lipinski definition) is 3. The molecule has 17 nitrogen and oxygen atoms in total. The molecule has 5 unspecified atom stereocenters. The highest BCUT2D eigenvalue weighted by Crippen LogP contribution is 2.45. The highest BCUT2D eigenvalue weighted by atomic mass is 31.2. The predicted octanol–water partition coefficient (Wildman–Crippen LogP) is 19.1. The van der Waals surface area contributed by atoms with Crippen molar-refractivity contribution >= 4 is 39.5 Å². The van der Waals surface area contributed by atoms with Crippen molar-refractivity contribution in [2.75, 3.05) is 39.6 Å². The number of carbonyl (C=O) groups is 4. The Labute approximate surface area is 530 Å². The fourth-order valence-electron chi connectivity index (χ4n) is 10.1. The molecule has 0 radical (unpaired) electrons. The van der Waals surface area contributed by atoms with Crippen LogP contribution in [0.5, 0.6) is 0 Å². The van der Waals surface area contributed by atoms with E-state index in [1.807, 2.05) is 0 Å². The number of unbranched alkanes of at least 4 members (excludes halogenated alkanes) is 31. The van der Waals surface area contributed by atoms with Gasteiger partial charge in [-0.15, -0.1) is 0 Å². The second-order valence-corrected chi connectivity index (χ2v) is 28.2. The largest absolute Gasteiger partial charge is 0.472 e. The molecule has 8 atom stereocenters. The molecule has 19 heteroatoms. The average molecular weight is 1280 g/mol. The first-order chi connectivity index (χ1) is 41.8. The summed E-state index contributed by atoms with van der Waals surface area (Å²) in [5, 5.41) is 10.6. The van der Waals surface area contributed by atoms with Gasteiger partial charge in [0.05, 0.1) is 26.4 Å². The van der Waals surface area contributed by atoms with E-state index in [1.165, 1.54) is 148 Å². The summed E-state index contributed by atoms with van der Waals surface area (Å²) in [6.07, 6.45) is 41.5. The molecule has 0 aromatic carbocycles. The lowest BCUT2D eigenvalue weighted by atomic mass is 9.99. The number of esters is 4. The van der Waals surface area contributed by atoms with E-state index in [1.54, 1.807) is 0 Å². The number of phosphoric acid groups is 2. The minimum absolute atomic E-state index is 0.103. The van der Waals surface area contributed by atoms with Crippen molar-refractivity contribution < 1.29 is 80.2 Å². The second-order valence-electron chi connectivity index (χ2n) is 25.3. The van der Waals surface area contributed by atoms with Crippen LogP contribution >= 0.6 is 15.6 Å². The molecule has 87 heavy (non-hydrogen) atoms. The predicted molar refractivity (Wildman–Crippen MR) is 349 cm³/mol. The van der Waals surface area contributed by atoms with Crippen LogP contribution in [0, 0.1) is 17.8 Å². The fourth-order valence-corrected chi connectivity index (χ4v) is 11.7. The number of aliphatic hydroxyl groups is 1. The van der Waals surface area contributed by atoms with E-state index in [4.69, 9.17) is 37.0 Å². The topological polar surface area (TPSA) is 237 Å². The minimum atomic E-state index is -4.95. The zero-order chi connectivity index (χ0) is 64.5. The van der Waals surface area contributed by atoms with Gasteiger partial charge < -0.3 is 33.8 Å². The third-order valence-corrected chi connectivity index (χ3v) is 18.6. The maximum absolute atomic E-state index is 13.0. The minimum Gasteiger partial charge on any atom is -0.462 e. The summed E-state index contributed by atoms with van der Waals surface area (Å²) in [4.78, 5) is 72.4. The first kappa shape index (κ1) is 85.1. The first-order valence-corrected chi connectivity index (χ1v) is 38.5. The van der Waals surface area contributed by atoms with Crippen molar-refractivity contribution in [3.05, 3.63) is 0 Å². The van der Waals surface area contributed by atoms with Crippen molar-refractivity contribution in [1.29, 1.82) is 0 Å². The zero-order valence-corrected chi connectivity index (χ0v) is 58.3. The van der Waals surface area contributed by atoms with Crippen molar-refractivity contribution in [2.24, 2.45) is 17.8 Å². The van der Waals surface area contributed by atoms with Crippen molar-refractivity contribution in [3.63, 3.8) is 0 Å². The first-order valence-electron chi connectivity index (χ1n) is 35.5. The molecule has 0 spiro atoms. The number of rotatable bonds is 66. The van der Waals surface area contributed by atoms with Gasteiger partial charge in [-0.25, -0.2) is 9.13 Å². The fraction of sp³-hybridized carbons (Fsp3) is 0.941. The van der Waals surface area contributed by atoms with Gasteiger partial charge in [0, 0.05) is 25.7 Å². The molecule has 0 aliphatic heterocycles. The lowest BCUT2D eigenvalue weighted by molar-refractivity contribution is -0.161. The van der Waals surface area contributed by atoms with E-state index in [2.05, 4.69) is 48.5 Å². The van der Waals surface area contributed by atoms with Gasteiger partial charge in [-0.2, -0.15) is 0 Å². The second kappa shape index (κ2) is 59.1. The normalized spacial score (nSPS) is 15.2. The van der Waals surface area contributed by atoms with E-state index in [9.17, 15) is 43.2 Å². The van der Waals surface area contributed by atoms with E-state index in [-0.39, 0.29) is 25.7 Å². The highest BCUT2D eigenvalue weighted by Gasteiger charge is 2.30. The van der Waals surface area contributed by atoms with Crippen LogP contribution in [-0.2, 0) is 65.4 Å². The van der Waals surface area contributed by atoms with Gasteiger partial charge >= 0.3 is 39.5 Å². The number of aliphatic hydroxyl groups excluding tert-OH is 1. The van der Waals surface area contributed by atoms with E-state index in [0.29, 0.717) is 25.7 Å². The average Bonchev–Trinajstić information content (AvgIpc) is 3.63. The Hall–Kier alpha value is -1.94. The lowest BCUT2D eigenvalue weighted by Gasteiger charge is -2.21. The van der Waals surface area contributed by atoms with Crippen LogP contribution in [0.4, 0.5) is 0 Å². The Balaban J connectivity index is 5.26. The molecule has 0 bridgehead atoms. The molecule has 3 N–H and O–H groups in total. The summed E-state index contributed by atoms with van der Waals surface area (Å²) >= 11 is 0. The molecule has 0 heterocycles. The van der Waals surface area contributed by atoms with Gasteiger partial charge in [0.1, 0.15) is 19.3 Å². The number of hydrogen-bond acceptors (Lipinski definition) is 15. The molecular weight excluding hydrogens is 1150 g/mol. The van der Waals surface area contributed by atoms with Gasteiger partial charge in [-0.3, -0.25) is 37.3 Å². The monoisotopic (exact) mass is 1280 g/mol. The summed E-state index contributed by atoms with van der Waals surface area (Å²) in [5.74, 6) is 0.200. The summed E-state index contributed by atoms with van der Waals surface area (Å²) in [5.41, 5.74) is 0. The van der Waals surface area contributed by atoms with Gasteiger partial charge in [0.2, 0.25) is 0 Å². The van der Waals surface area contributed by atoms with E-state index >= 15 is 0 Å². The van der Waals surface area contributed by atoms with Gasteiger partial charge in [0.15, 0.2) is 12.2 Å². The van der Waals surface area contributed by atoms with Crippen LogP contribution in [0.2, 0.25) is 0 Å². The summed E-state index contributed by atoms with van der Waals surface area (Å²) in [6, 6.07) is 0. The molecule has 516 valence electrons. The van der Waals surface area contributed by atoms with Gasteiger partial charge in [0.25, 0.3) is 0 Å². The van der Waals surface area contributed by atoms with Gasteiger partial charge in [-0.05, 0) is 43.4 Å². The van der Waals surface area contributed by atoms with Crippen LogP contribution in [0.1, 0.15) is 337 Å². The summed E-state index contributed by atoms with van der Waals surface area (Å²) < 4.78 is 68.2. The Morgan fingerprint density at radius 1 is 0.322 bits per heavy atom. The summed E-state index contributed by atoms with van der Waals surface area (Å²) in [6.45, 7) is 11.8. The molecule has 0 fully saturated rings. The third-order valence-electron chi connectivity index (χ3n) is 16.7. The smallest absolute Gasteiger partial charge is 0.462 e. The van der Waals surface area contributed by atoms with E-state index in [0.717, 1.165) is 108 Å². The van der Waals surface area contributed by atoms with Crippen molar-refractivity contribution in [3.8, 4) is 0 Å². The molecule has 0 aromatic rings. The lowest BCUT2D eigenvalue weighted by Crippen LogP contribution is -2.30. The Morgan fingerprint density at radius 2 is 0.552 bits per heavy atom. The van der Waals surface area contributed by atoms with E-state index < -0.39 is 97.5 Å². The molecule has 0 saturated heterocycles. The Bertz CT molecular complexity index is 1720. The Kier molecular flexibility index (Phi) is 57.8. The third kappa shape index (κ3) is 58.9. The number of carbonyl (C=O) groups excluding carboxylic acids is 4. The molecular formula is C68H132O17P2. The maximum Gasteiger partial charge on any atom is 0.472 e. The Morgan fingerprint density at radius 3 is 0.816 bits per heavy atom. The van der Waals surface area contributed by atoms with Gasteiger partial charge in [-0.1, -0.05) is 286 Å². The molecule has 0 amide bonds. The van der Waals surface area contributed by atoms with Crippen LogP contribution in [0.3, 0.4) is 0 Å².